The quantitative estimate of drug-likeness (QED) is 0.257. The van der Waals surface area contributed by atoms with Gasteiger partial charge in [0.2, 0.25) is 0 Å². The summed E-state index contributed by atoms with van der Waals surface area (Å²) in [6, 6.07) is 17.8. The van der Waals surface area contributed by atoms with Crippen molar-refractivity contribution in [3.8, 4) is 11.1 Å². The monoisotopic (exact) mass is 402 g/mol. The molecule has 0 N–H and O–H groups in total. The van der Waals surface area contributed by atoms with E-state index in [9.17, 15) is 0 Å². The second-order valence-corrected chi connectivity index (χ2v) is 8.85. The molecule has 1 nitrogen and oxygen atoms in total. The summed E-state index contributed by atoms with van der Waals surface area (Å²) in [6.07, 6.45) is 16.1. The summed E-state index contributed by atoms with van der Waals surface area (Å²) in [7, 11) is 0. The minimum atomic E-state index is 0.597. The molecule has 0 saturated heterocycles. The van der Waals surface area contributed by atoms with Crippen molar-refractivity contribution < 1.29 is 4.74 Å². The zero-order valence-corrected chi connectivity index (χ0v) is 18.5. The molecule has 0 unspecified atom stereocenters. The number of benzene rings is 2. The Bertz CT molecular complexity index is 748. The third kappa shape index (κ3) is 7.29. The average molecular weight is 403 g/mol. The predicted octanol–water partition coefficient (Wildman–Crippen LogP) is 8.15. The first-order chi connectivity index (χ1) is 14.8. The van der Waals surface area contributed by atoms with Gasteiger partial charge < -0.3 is 4.74 Å². The van der Waals surface area contributed by atoms with Gasteiger partial charge in [-0.3, -0.25) is 0 Å². The Hall–Kier alpha value is -2.12. The Kier molecular flexibility index (Phi) is 9.44. The van der Waals surface area contributed by atoms with Crippen LogP contribution in [0.25, 0.3) is 11.1 Å². The molecule has 0 amide bonds. The summed E-state index contributed by atoms with van der Waals surface area (Å²) in [4.78, 5) is 0. The fourth-order valence-electron chi connectivity index (χ4n) is 4.67. The van der Waals surface area contributed by atoms with Crippen molar-refractivity contribution >= 4 is 0 Å². The Morgan fingerprint density at radius 1 is 0.733 bits per heavy atom. The molecular formula is C29H38O. The van der Waals surface area contributed by atoms with Gasteiger partial charge in [-0.15, -0.1) is 13.2 Å². The van der Waals surface area contributed by atoms with Crippen molar-refractivity contribution in [1.82, 2.24) is 0 Å². The second-order valence-electron chi connectivity index (χ2n) is 8.85. The maximum Gasteiger partial charge on any atom is 0.0721 e. The molecule has 160 valence electrons. The third-order valence-electron chi connectivity index (χ3n) is 6.54. The number of hydrogen-bond acceptors (Lipinski definition) is 1. The Morgan fingerprint density at radius 2 is 1.33 bits per heavy atom. The van der Waals surface area contributed by atoms with E-state index in [1.807, 2.05) is 0 Å². The fraction of sp³-hybridized carbons (Fsp3) is 0.448. The fourth-order valence-corrected chi connectivity index (χ4v) is 4.67. The molecular weight excluding hydrogens is 364 g/mol. The van der Waals surface area contributed by atoms with E-state index in [-0.39, 0.29) is 0 Å². The maximum atomic E-state index is 5.51. The lowest BCUT2D eigenvalue weighted by atomic mass is 9.78. The number of ether oxygens (including phenoxy) is 1. The van der Waals surface area contributed by atoms with Crippen LogP contribution >= 0.6 is 0 Å². The zero-order chi connectivity index (χ0) is 21.0. The lowest BCUT2D eigenvalue weighted by molar-refractivity contribution is 0.149. The number of rotatable bonds is 12. The summed E-state index contributed by atoms with van der Waals surface area (Å²) in [5.74, 6) is 1.89. The smallest absolute Gasteiger partial charge is 0.0721 e. The molecule has 0 bridgehead atoms. The van der Waals surface area contributed by atoms with Gasteiger partial charge in [-0.1, -0.05) is 86.4 Å². The minimum absolute atomic E-state index is 0.597. The van der Waals surface area contributed by atoms with Gasteiger partial charge in [-0.05, 0) is 66.2 Å². The molecule has 0 spiro atoms. The van der Waals surface area contributed by atoms with E-state index in [1.54, 1.807) is 6.08 Å². The summed E-state index contributed by atoms with van der Waals surface area (Å²) in [6.45, 7) is 8.81. The van der Waals surface area contributed by atoms with E-state index in [0.29, 0.717) is 13.2 Å². The Morgan fingerprint density at radius 3 is 1.93 bits per heavy atom. The van der Waals surface area contributed by atoms with E-state index in [1.165, 1.54) is 80.0 Å². The van der Waals surface area contributed by atoms with Gasteiger partial charge in [-0.25, -0.2) is 0 Å². The van der Waals surface area contributed by atoms with Crippen molar-refractivity contribution in [1.29, 1.82) is 0 Å². The molecule has 0 aliphatic heterocycles. The van der Waals surface area contributed by atoms with E-state index in [0.717, 1.165) is 11.8 Å². The van der Waals surface area contributed by atoms with Gasteiger partial charge in [0.05, 0.1) is 13.2 Å². The van der Waals surface area contributed by atoms with Crippen molar-refractivity contribution in [2.24, 2.45) is 11.8 Å². The van der Waals surface area contributed by atoms with Crippen molar-refractivity contribution in [2.75, 3.05) is 6.61 Å². The molecule has 1 fully saturated rings. The van der Waals surface area contributed by atoms with Gasteiger partial charge in [-0.2, -0.15) is 0 Å². The van der Waals surface area contributed by atoms with Gasteiger partial charge in [0.1, 0.15) is 0 Å². The lowest BCUT2D eigenvalue weighted by Crippen LogP contribution is -2.14. The highest BCUT2D eigenvalue weighted by Crippen LogP contribution is 2.33. The van der Waals surface area contributed by atoms with Crippen LogP contribution < -0.4 is 0 Å². The average Bonchev–Trinajstić information content (AvgIpc) is 2.79. The van der Waals surface area contributed by atoms with E-state index >= 15 is 0 Å². The van der Waals surface area contributed by atoms with Crippen molar-refractivity contribution in [3.05, 3.63) is 85.0 Å². The highest BCUT2D eigenvalue weighted by atomic mass is 16.5. The maximum absolute atomic E-state index is 5.51. The molecule has 0 heterocycles. The number of hydrogen-bond donors (Lipinski definition) is 0. The van der Waals surface area contributed by atoms with Crippen molar-refractivity contribution in [2.45, 2.75) is 64.4 Å². The summed E-state index contributed by atoms with van der Waals surface area (Å²) in [5, 5.41) is 0. The highest BCUT2D eigenvalue weighted by Gasteiger charge is 2.19. The van der Waals surface area contributed by atoms with Crippen LogP contribution in [0.15, 0.2) is 73.8 Å². The summed E-state index contributed by atoms with van der Waals surface area (Å²) in [5.41, 5.74) is 5.21. The molecule has 30 heavy (non-hydrogen) atoms. The van der Waals surface area contributed by atoms with Crippen LogP contribution in [-0.4, -0.2) is 6.61 Å². The van der Waals surface area contributed by atoms with E-state index in [4.69, 9.17) is 4.74 Å². The number of allylic oxidation sites excluding steroid dienone is 1. The summed E-state index contributed by atoms with van der Waals surface area (Å²) >= 11 is 0. The molecule has 0 radical (unpaired) electrons. The van der Waals surface area contributed by atoms with Crippen LogP contribution in [0, 0.1) is 11.8 Å². The first-order valence-electron chi connectivity index (χ1n) is 11.8. The van der Waals surface area contributed by atoms with Gasteiger partial charge in [0.15, 0.2) is 0 Å². The molecule has 1 aliphatic carbocycles. The topological polar surface area (TPSA) is 9.23 Å². The van der Waals surface area contributed by atoms with E-state index in [2.05, 4.69) is 67.8 Å². The summed E-state index contributed by atoms with van der Waals surface area (Å²) < 4.78 is 5.51. The molecule has 1 aliphatic rings. The standard InChI is InChI=1S/C29H38O/c1-3-7-24-10-12-25(13-11-24)8-5-6-9-26-14-18-28(19-15-26)29-20-16-27(17-21-29)23-30-22-4-2/h3-4,14-21,24-25H,1-2,5-13,22-23H2. The molecule has 1 saturated carbocycles. The first-order valence-corrected chi connectivity index (χ1v) is 11.8. The molecule has 3 rings (SSSR count). The predicted molar refractivity (Wildman–Crippen MR) is 130 cm³/mol. The van der Waals surface area contributed by atoms with Crippen LogP contribution in [0.2, 0.25) is 0 Å². The number of unbranched alkanes of at least 4 members (excludes halogenated alkanes) is 1. The number of aryl methyl sites for hydroxylation is 1. The molecule has 2 aromatic carbocycles. The first kappa shape index (κ1) is 22.6. The Labute approximate surface area is 183 Å². The molecule has 2 aromatic rings. The van der Waals surface area contributed by atoms with Crippen molar-refractivity contribution in [3.63, 3.8) is 0 Å². The normalized spacial score (nSPS) is 18.8. The third-order valence-corrected chi connectivity index (χ3v) is 6.54. The molecule has 1 heteroatoms. The minimum Gasteiger partial charge on any atom is -0.373 e. The zero-order valence-electron chi connectivity index (χ0n) is 18.5. The van der Waals surface area contributed by atoms with E-state index < -0.39 is 0 Å². The van der Waals surface area contributed by atoms with Gasteiger partial charge in [0.25, 0.3) is 0 Å². The van der Waals surface area contributed by atoms with Crippen LogP contribution in [0.3, 0.4) is 0 Å². The molecule has 0 atom stereocenters. The Balaban J connectivity index is 1.37. The second kappa shape index (κ2) is 12.5. The SMILES string of the molecule is C=CCOCc1ccc(-c2ccc(CCCCC3CCC(CC=C)CC3)cc2)cc1. The largest absolute Gasteiger partial charge is 0.373 e. The molecule has 0 aromatic heterocycles. The lowest BCUT2D eigenvalue weighted by Gasteiger charge is -2.27. The van der Waals surface area contributed by atoms with Gasteiger partial charge in [0, 0.05) is 0 Å². The van der Waals surface area contributed by atoms with Crippen LogP contribution in [0.1, 0.15) is 62.5 Å². The van der Waals surface area contributed by atoms with Crippen LogP contribution in [-0.2, 0) is 17.8 Å². The van der Waals surface area contributed by atoms with Crippen LogP contribution in [0.4, 0.5) is 0 Å². The highest BCUT2D eigenvalue weighted by molar-refractivity contribution is 5.63. The van der Waals surface area contributed by atoms with Crippen LogP contribution in [0.5, 0.6) is 0 Å². The van der Waals surface area contributed by atoms with Gasteiger partial charge >= 0.3 is 0 Å².